The minimum Gasteiger partial charge on any atom is -0.366 e. The average Bonchev–Trinajstić information content (AvgIpc) is 3.30. The van der Waals surface area contributed by atoms with Gasteiger partial charge < -0.3 is 9.88 Å². The number of rotatable bonds is 3. The van der Waals surface area contributed by atoms with E-state index in [0.29, 0.717) is 17.1 Å². The fourth-order valence-corrected chi connectivity index (χ4v) is 4.47. The molecule has 1 fully saturated rings. The number of hydrogen-bond donors (Lipinski definition) is 2. The molecule has 1 atom stereocenters. The van der Waals surface area contributed by atoms with Crippen LogP contribution in [-0.4, -0.2) is 56.8 Å². The second-order valence-electron chi connectivity index (χ2n) is 8.18. The lowest BCUT2D eigenvalue weighted by Gasteiger charge is -2.43. The van der Waals surface area contributed by atoms with Gasteiger partial charge in [-0.3, -0.25) is 10.00 Å². The Hall–Kier alpha value is -2.57. The number of aromatic amines is 2. The largest absolute Gasteiger partial charge is 0.366 e. The van der Waals surface area contributed by atoms with Gasteiger partial charge in [-0.05, 0) is 57.2 Å². The summed E-state index contributed by atoms with van der Waals surface area (Å²) in [5, 5.41) is 9.17. The maximum absolute atomic E-state index is 6.18. The van der Waals surface area contributed by atoms with Crippen molar-refractivity contribution in [3.05, 3.63) is 41.4 Å². The first kappa shape index (κ1) is 18.5. The monoisotopic (exact) mass is 408 g/mol. The van der Waals surface area contributed by atoms with E-state index in [4.69, 9.17) is 16.6 Å². The van der Waals surface area contributed by atoms with Crippen molar-refractivity contribution in [2.75, 3.05) is 24.5 Å². The molecular formula is C22H25ClN6. The summed E-state index contributed by atoms with van der Waals surface area (Å²) in [6.45, 7) is 10.1. The van der Waals surface area contributed by atoms with Crippen LogP contribution < -0.4 is 4.90 Å². The van der Waals surface area contributed by atoms with Gasteiger partial charge in [0, 0.05) is 47.8 Å². The van der Waals surface area contributed by atoms with Crippen molar-refractivity contribution in [2.24, 2.45) is 0 Å². The summed E-state index contributed by atoms with van der Waals surface area (Å²) in [6.07, 6.45) is 0. The van der Waals surface area contributed by atoms with Gasteiger partial charge in [0.15, 0.2) is 5.82 Å². The van der Waals surface area contributed by atoms with E-state index in [2.05, 4.69) is 64.0 Å². The highest BCUT2D eigenvalue weighted by atomic mass is 35.5. The number of aromatic nitrogens is 4. The number of H-pyrrole nitrogens is 2. The van der Waals surface area contributed by atoms with Gasteiger partial charge in [0.25, 0.3) is 0 Å². The van der Waals surface area contributed by atoms with E-state index in [1.165, 1.54) is 5.69 Å². The summed E-state index contributed by atoms with van der Waals surface area (Å²) in [7, 11) is 0. The van der Waals surface area contributed by atoms with Gasteiger partial charge in [0.05, 0.1) is 16.6 Å². The van der Waals surface area contributed by atoms with Crippen LogP contribution >= 0.6 is 11.6 Å². The Kier molecular flexibility index (Phi) is 4.48. The van der Waals surface area contributed by atoms with E-state index < -0.39 is 0 Å². The molecule has 29 heavy (non-hydrogen) atoms. The summed E-state index contributed by atoms with van der Waals surface area (Å²) in [6, 6.07) is 13.3. The van der Waals surface area contributed by atoms with Crippen LogP contribution in [-0.2, 0) is 0 Å². The first-order chi connectivity index (χ1) is 14.0. The summed E-state index contributed by atoms with van der Waals surface area (Å²) in [5.74, 6) is 0.753. The number of halogens is 1. The Morgan fingerprint density at radius 1 is 1.10 bits per heavy atom. The van der Waals surface area contributed by atoms with Crippen molar-refractivity contribution in [1.29, 1.82) is 0 Å². The van der Waals surface area contributed by atoms with Gasteiger partial charge in [0.1, 0.15) is 5.69 Å². The predicted octanol–water partition coefficient (Wildman–Crippen LogP) is 4.68. The van der Waals surface area contributed by atoms with Crippen molar-refractivity contribution >= 4 is 39.2 Å². The standard InChI is InChI=1S/C22H25ClN6/c1-13(2)28-8-9-29(14(3)12-28)16-5-7-19-20(11-16)25-22(24-19)21-17-10-15(23)4-6-18(17)26-27-21/h4-7,10-11,13-14H,8-9,12H2,1-3H3,(H,24,25)(H,26,27)/t14-/m0/s1. The smallest absolute Gasteiger partial charge is 0.159 e. The Morgan fingerprint density at radius 2 is 1.97 bits per heavy atom. The number of anilines is 1. The Balaban J connectivity index is 1.48. The van der Waals surface area contributed by atoms with E-state index in [-0.39, 0.29) is 0 Å². The third kappa shape index (κ3) is 3.26. The molecule has 4 aromatic rings. The molecule has 0 saturated carbocycles. The number of imidazole rings is 1. The summed E-state index contributed by atoms with van der Waals surface area (Å²) >= 11 is 6.18. The van der Waals surface area contributed by atoms with Crippen molar-refractivity contribution in [3.63, 3.8) is 0 Å². The number of benzene rings is 2. The average molecular weight is 409 g/mol. The van der Waals surface area contributed by atoms with Crippen LogP contribution in [0.15, 0.2) is 36.4 Å². The lowest BCUT2D eigenvalue weighted by molar-refractivity contribution is 0.185. The molecule has 0 unspecified atom stereocenters. The predicted molar refractivity (Wildman–Crippen MR) is 120 cm³/mol. The van der Waals surface area contributed by atoms with E-state index in [0.717, 1.165) is 53.1 Å². The van der Waals surface area contributed by atoms with E-state index in [1.54, 1.807) is 0 Å². The first-order valence-electron chi connectivity index (χ1n) is 10.1. The minimum absolute atomic E-state index is 0.475. The first-order valence-corrected chi connectivity index (χ1v) is 10.5. The van der Waals surface area contributed by atoms with Crippen molar-refractivity contribution < 1.29 is 0 Å². The van der Waals surface area contributed by atoms with Crippen molar-refractivity contribution in [3.8, 4) is 11.5 Å². The molecular weight excluding hydrogens is 384 g/mol. The fraction of sp³-hybridized carbons (Fsp3) is 0.364. The van der Waals surface area contributed by atoms with Gasteiger partial charge in [-0.15, -0.1) is 0 Å². The van der Waals surface area contributed by atoms with Crippen LogP contribution in [0.1, 0.15) is 20.8 Å². The van der Waals surface area contributed by atoms with Gasteiger partial charge >= 0.3 is 0 Å². The van der Waals surface area contributed by atoms with Gasteiger partial charge in [-0.2, -0.15) is 5.10 Å². The second-order valence-corrected chi connectivity index (χ2v) is 8.62. The van der Waals surface area contributed by atoms with Crippen LogP contribution in [0, 0.1) is 0 Å². The molecule has 0 spiro atoms. The molecule has 7 heteroatoms. The topological polar surface area (TPSA) is 63.8 Å². The van der Waals surface area contributed by atoms with Crippen molar-refractivity contribution in [1.82, 2.24) is 25.1 Å². The summed E-state index contributed by atoms with van der Waals surface area (Å²) in [5.41, 5.74) is 4.93. The maximum Gasteiger partial charge on any atom is 0.159 e. The molecule has 2 N–H and O–H groups in total. The molecule has 1 saturated heterocycles. The highest BCUT2D eigenvalue weighted by molar-refractivity contribution is 6.31. The number of nitrogens with one attached hydrogen (secondary N) is 2. The molecule has 6 nitrogen and oxygen atoms in total. The number of piperazine rings is 1. The van der Waals surface area contributed by atoms with E-state index in [1.807, 2.05) is 18.2 Å². The second kappa shape index (κ2) is 7.04. The molecule has 1 aliphatic heterocycles. The normalized spacial score (nSPS) is 18.4. The van der Waals surface area contributed by atoms with Gasteiger partial charge in [0.2, 0.25) is 0 Å². The fourth-order valence-electron chi connectivity index (χ4n) is 4.29. The molecule has 2 aromatic carbocycles. The van der Waals surface area contributed by atoms with Crippen LogP contribution in [0.3, 0.4) is 0 Å². The lowest BCUT2D eigenvalue weighted by atomic mass is 10.1. The van der Waals surface area contributed by atoms with E-state index in [9.17, 15) is 0 Å². The zero-order valence-corrected chi connectivity index (χ0v) is 17.7. The zero-order chi connectivity index (χ0) is 20.1. The molecule has 0 amide bonds. The Morgan fingerprint density at radius 3 is 2.76 bits per heavy atom. The molecule has 5 rings (SSSR count). The van der Waals surface area contributed by atoms with Gasteiger partial charge in [-0.25, -0.2) is 4.98 Å². The highest BCUT2D eigenvalue weighted by Gasteiger charge is 2.25. The van der Waals surface area contributed by atoms with Gasteiger partial charge in [-0.1, -0.05) is 11.6 Å². The Labute approximate surface area is 174 Å². The molecule has 150 valence electrons. The number of hydrogen-bond acceptors (Lipinski definition) is 4. The maximum atomic E-state index is 6.18. The number of nitrogens with zero attached hydrogens (tertiary/aromatic N) is 4. The van der Waals surface area contributed by atoms with Crippen LogP contribution in [0.25, 0.3) is 33.5 Å². The molecule has 0 radical (unpaired) electrons. The zero-order valence-electron chi connectivity index (χ0n) is 16.9. The Bertz CT molecular complexity index is 1180. The van der Waals surface area contributed by atoms with Crippen LogP contribution in [0.5, 0.6) is 0 Å². The summed E-state index contributed by atoms with van der Waals surface area (Å²) < 4.78 is 0. The third-order valence-electron chi connectivity index (χ3n) is 5.94. The van der Waals surface area contributed by atoms with Crippen LogP contribution in [0.2, 0.25) is 5.02 Å². The SMILES string of the molecule is CC(C)N1CCN(c2ccc3nc(-c4n[nH]c5ccc(Cl)cc45)[nH]c3c2)[C@@H](C)C1. The number of fused-ring (bicyclic) bond motifs is 2. The third-order valence-corrected chi connectivity index (χ3v) is 6.17. The summed E-state index contributed by atoms with van der Waals surface area (Å²) in [4.78, 5) is 13.3. The minimum atomic E-state index is 0.475. The molecule has 1 aliphatic rings. The molecule has 2 aromatic heterocycles. The quantitative estimate of drug-likeness (QED) is 0.516. The van der Waals surface area contributed by atoms with Crippen LogP contribution in [0.4, 0.5) is 5.69 Å². The highest BCUT2D eigenvalue weighted by Crippen LogP contribution is 2.30. The molecule has 0 aliphatic carbocycles. The lowest BCUT2D eigenvalue weighted by Crippen LogP contribution is -2.53. The molecule has 3 heterocycles. The molecule has 0 bridgehead atoms. The van der Waals surface area contributed by atoms with Crippen molar-refractivity contribution in [2.45, 2.75) is 32.9 Å². The van der Waals surface area contributed by atoms with E-state index >= 15 is 0 Å².